The third kappa shape index (κ3) is 3.32. The summed E-state index contributed by atoms with van der Waals surface area (Å²) < 4.78 is 12.8. The molecular weight excluding hydrogens is 539 g/mol. The van der Waals surface area contributed by atoms with E-state index in [0.717, 1.165) is 10.9 Å². The van der Waals surface area contributed by atoms with Crippen LogP contribution in [0.5, 0.6) is 0 Å². The van der Waals surface area contributed by atoms with Crippen molar-refractivity contribution >= 4 is 34.0 Å². The lowest BCUT2D eigenvalue weighted by Crippen LogP contribution is -2.25. The Kier molecular flexibility index (Phi) is 5.01. The zero-order valence-electron chi connectivity index (χ0n) is 24.1. The van der Waals surface area contributed by atoms with E-state index in [1.807, 2.05) is 25.5 Å². The van der Waals surface area contributed by atoms with Crippen LogP contribution in [0.25, 0.3) is 54.9 Å². The smallest absolute Gasteiger partial charge is 0.109 e. The standard InChI is InChI=1S/C41H29OP/c1-43(2,42)31-20-18-26(19-21-31)32-15-9-17-37-40(32)35-23-28-11-4-6-13-30(28)25-39(35)41(37)36-16-8-7-14-33(36)34-22-27-10-3-5-12-29(27)24-38(34)41/h3-25H,1-2H3. The maximum absolute atomic E-state index is 12.8. The molecule has 1 spiro atoms. The van der Waals surface area contributed by atoms with Gasteiger partial charge >= 0.3 is 0 Å². The summed E-state index contributed by atoms with van der Waals surface area (Å²) in [5.41, 5.74) is 12.5. The fourth-order valence-electron chi connectivity index (χ4n) is 7.84. The van der Waals surface area contributed by atoms with E-state index < -0.39 is 12.6 Å². The Morgan fingerprint density at radius 1 is 0.442 bits per heavy atom. The molecule has 1 unspecified atom stereocenters. The van der Waals surface area contributed by atoms with Crippen LogP contribution in [0.4, 0.5) is 0 Å². The largest absolute Gasteiger partial charge is 0.319 e. The van der Waals surface area contributed by atoms with Crippen molar-refractivity contribution in [3.63, 3.8) is 0 Å². The van der Waals surface area contributed by atoms with Crippen molar-refractivity contribution < 1.29 is 4.57 Å². The van der Waals surface area contributed by atoms with Crippen LogP contribution < -0.4 is 5.30 Å². The quantitative estimate of drug-likeness (QED) is 0.190. The van der Waals surface area contributed by atoms with Gasteiger partial charge in [-0.25, -0.2) is 0 Å². The molecule has 0 N–H and O–H groups in total. The molecule has 2 aliphatic rings. The van der Waals surface area contributed by atoms with Crippen LogP contribution in [0.2, 0.25) is 0 Å². The lowest BCUT2D eigenvalue weighted by molar-refractivity contribution is 0.588. The number of hydrogen-bond acceptors (Lipinski definition) is 1. The van der Waals surface area contributed by atoms with Crippen molar-refractivity contribution in [2.75, 3.05) is 13.3 Å². The average molecular weight is 569 g/mol. The van der Waals surface area contributed by atoms with Crippen LogP contribution in [-0.4, -0.2) is 13.3 Å². The van der Waals surface area contributed by atoms with Crippen molar-refractivity contribution in [3.8, 4) is 33.4 Å². The second-order valence-corrected chi connectivity index (χ2v) is 15.6. The molecular formula is C41H29OP. The van der Waals surface area contributed by atoms with Crippen LogP contribution in [0.1, 0.15) is 22.3 Å². The molecule has 0 aliphatic heterocycles. The van der Waals surface area contributed by atoms with Crippen LogP contribution in [0, 0.1) is 0 Å². The molecule has 7 aromatic carbocycles. The van der Waals surface area contributed by atoms with E-state index in [1.165, 1.54) is 71.6 Å². The summed E-state index contributed by atoms with van der Waals surface area (Å²) in [4.78, 5) is 0. The molecule has 0 bridgehead atoms. The van der Waals surface area contributed by atoms with Crippen molar-refractivity contribution in [2.45, 2.75) is 5.41 Å². The highest BCUT2D eigenvalue weighted by Gasteiger charge is 2.52. The first kappa shape index (κ1) is 24.8. The second-order valence-electron chi connectivity index (χ2n) is 12.4. The number of fused-ring (bicyclic) bond motifs is 12. The third-order valence-electron chi connectivity index (χ3n) is 9.74. The van der Waals surface area contributed by atoms with E-state index >= 15 is 0 Å². The fourth-order valence-corrected chi connectivity index (χ4v) is 8.71. The summed E-state index contributed by atoms with van der Waals surface area (Å²) >= 11 is 0. The van der Waals surface area contributed by atoms with Crippen molar-refractivity contribution in [3.05, 3.63) is 162 Å². The molecule has 0 saturated carbocycles. The number of rotatable bonds is 2. The molecule has 2 heteroatoms. The molecule has 0 radical (unpaired) electrons. The highest BCUT2D eigenvalue weighted by Crippen LogP contribution is 2.64. The van der Waals surface area contributed by atoms with Crippen LogP contribution >= 0.6 is 7.14 Å². The van der Waals surface area contributed by atoms with Gasteiger partial charge in [-0.3, -0.25) is 0 Å². The van der Waals surface area contributed by atoms with E-state index in [9.17, 15) is 4.57 Å². The molecule has 2 aliphatic carbocycles. The van der Waals surface area contributed by atoms with Gasteiger partial charge in [-0.2, -0.15) is 0 Å². The summed E-state index contributed by atoms with van der Waals surface area (Å²) in [5, 5.41) is 5.95. The minimum atomic E-state index is -2.34. The molecule has 204 valence electrons. The van der Waals surface area contributed by atoms with E-state index in [2.05, 4.69) is 127 Å². The predicted octanol–water partition coefficient (Wildman–Crippen LogP) is 10.3. The van der Waals surface area contributed by atoms with Crippen LogP contribution in [0.3, 0.4) is 0 Å². The lowest BCUT2D eigenvalue weighted by atomic mass is 9.70. The Bertz CT molecular complexity index is 2340. The molecule has 7 aromatic rings. The molecule has 0 heterocycles. The monoisotopic (exact) mass is 568 g/mol. The molecule has 1 nitrogen and oxygen atoms in total. The maximum Gasteiger partial charge on any atom is 0.109 e. The molecule has 0 aromatic heterocycles. The molecule has 0 saturated heterocycles. The first-order valence-corrected chi connectivity index (χ1v) is 17.5. The Labute approximate surface area is 251 Å². The van der Waals surface area contributed by atoms with E-state index in [4.69, 9.17) is 0 Å². The number of benzene rings is 7. The molecule has 0 amide bonds. The Hall–Kier alpha value is -4.71. The summed E-state index contributed by atoms with van der Waals surface area (Å²) in [6.07, 6.45) is 0. The van der Waals surface area contributed by atoms with Crippen molar-refractivity contribution in [1.29, 1.82) is 0 Å². The number of hydrogen-bond donors (Lipinski definition) is 0. The third-order valence-corrected chi connectivity index (χ3v) is 11.3. The normalized spacial score (nSPS) is 16.3. The highest BCUT2D eigenvalue weighted by atomic mass is 31.2. The zero-order valence-corrected chi connectivity index (χ0v) is 25.0. The SMILES string of the molecule is CP(C)(=O)c1ccc(-c2cccc3c2-c2cc4ccccc4cc2C32c3ccccc3-c3cc4ccccc4cc32)cc1. The predicted molar refractivity (Wildman–Crippen MR) is 182 cm³/mol. The Balaban J connectivity index is 1.44. The van der Waals surface area contributed by atoms with Gasteiger partial charge in [0.25, 0.3) is 0 Å². The molecule has 1 atom stereocenters. The van der Waals surface area contributed by atoms with Gasteiger partial charge < -0.3 is 4.57 Å². The topological polar surface area (TPSA) is 17.1 Å². The van der Waals surface area contributed by atoms with E-state index in [1.54, 1.807) is 0 Å². The minimum Gasteiger partial charge on any atom is -0.319 e. The van der Waals surface area contributed by atoms with Gasteiger partial charge in [-0.05, 0) is 115 Å². The van der Waals surface area contributed by atoms with E-state index in [-0.39, 0.29) is 0 Å². The van der Waals surface area contributed by atoms with Crippen molar-refractivity contribution in [2.24, 2.45) is 0 Å². The van der Waals surface area contributed by atoms with Gasteiger partial charge in [0.15, 0.2) is 0 Å². The fraction of sp³-hybridized carbons (Fsp3) is 0.0732. The molecule has 9 rings (SSSR count). The highest BCUT2D eigenvalue weighted by molar-refractivity contribution is 7.70. The summed E-state index contributed by atoms with van der Waals surface area (Å²) in [6, 6.07) is 51.4. The lowest BCUT2D eigenvalue weighted by Gasteiger charge is -2.31. The second kappa shape index (κ2) is 8.66. The van der Waals surface area contributed by atoms with Gasteiger partial charge in [-0.1, -0.05) is 115 Å². The maximum atomic E-state index is 12.8. The summed E-state index contributed by atoms with van der Waals surface area (Å²) in [7, 11) is -2.34. The Morgan fingerprint density at radius 3 is 1.60 bits per heavy atom. The zero-order chi connectivity index (χ0) is 28.9. The van der Waals surface area contributed by atoms with Gasteiger partial charge in [0.05, 0.1) is 5.41 Å². The van der Waals surface area contributed by atoms with E-state index in [0.29, 0.717) is 0 Å². The summed E-state index contributed by atoms with van der Waals surface area (Å²) in [5.74, 6) is 0. The van der Waals surface area contributed by atoms with Crippen LogP contribution in [0.15, 0.2) is 140 Å². The minimum absolute atomic E-state index is 0.427. The average Bonchev–Trinajstić information content (AvgIpc) is 3.48. The Morgan fingerprint density at radius 2 is 0.953 bits per heavy atom. The first-order chi connectivity index (χ1) is 20.9. The molecule has 43 heavy (non-hydrogen) atoms. The van der Waals surface area contributed by atoms with Gasteiger partial charge in [0.2, 0.25) is 0 Å². The van der Waals surface area contributed by atoms with Gasteiger partial charge in [0, 0.05) is 5.30 Å². The first-order valence-electron chi connectivity index (χ1n) is 14.9. The van der Waals surface area contributed by atoms with Crippen LogP contribution in [-0.2, 0) is 9.98 Å². The van der Waals surface area contributed by atoms with Gasteiger partial charge in [-0.15, -0.1) is 0 Å². The van der Waals surface area contributed by atoms with Crippen molar-refractivity contribution in [1.82, 2.24) is 0 Å². The molecule has 0 fully saturated rings. The summed E-state index contributed by atoms with van der Waals surface area (Å²) in [6.45, 7) is 3.68. The van der Waals surface area contributed by atoms with Gasteiger partial charge in [0.1, 0.15) is 7.14 Å².